The van der Waals surface area contributed by atoms with Crippen LogP contribution in [-0.2, 0) is 6.42 Å². The minimum Gasteiger partial charge on any atom is -0.477 e. The highest BCUT2D eigenvalue weighted by molar-refractivity contribution is 5.95. The topological polar surface area (TPSA) is 70.5 Å². The van der Waals surface area contributed by atoms with E-state index in [0.29, 0.717) is 31.0 Å². The number of rotatable bonds is 4. The van der Waals surface area contributed by atoms with E-state index >= 15 is 0 Å². The number of carboxylic acids is 1. The summed E-state index contributed by atoms with van der Waals surface area (Å²) in [6.45, 7) is 1.22. The summed E-state index contributed by atoms with van der Waals surface area (Å²) >= 11 is 0. The lowest BCUT2D eigenvalue weighted by molar-refractivity contribution is 0.0674. The fourth-order valence-electron chi connectivity index (χ4n) is 3.14. The predicted molar refractivity (Wildman–Crippen MR) is 89.9 cm³/mol. The van der Waals surface area contributed by atoms with Crippen molar-refractivity contribution in [1.29, 1.82) is 0 Å². The summed E-state index contributed by atoms with van der Waals surface area (Å²) in [5, 5.41) is 8.85. The van der Waals surface area contributed by atoms with Gasteiger partial charge in [-0.3, -0.25) is 4.79 Å². The molecule has 0 bridgehead atoms. The number of benzene rings is 1. The Kier molecular flexibility index (Phi) is 5.07. The number of carboxylic acid groups (broad SMARTS) is 1. The Balaban J connectivity index is 1.57. The van der Waals surface area contributed by atoms with Crippen LogP contribution in [0, 0.1) is 11.7 Å². The van der Waals surface area contributed by atoms with Crippen LogP contribution in [0.15, 0.2) is 42.6 Å². The van der Waals surface area contributed by atoms with Crippen molar-refractivity contribution in [1.82, 2.24) is 9.88 Å². The zero-order valence-electron chi connectivity index (χ0n) is 13.7. The maximum absolute atomic E-state index is 13.7. The molecule has 1 N–H and O–H groups in total. The minimum atomic E-state index is -1.12. The smallest absolute Gasteiger partial charge is 0.354 e. The number of likely N-dealkylation sites (tertiary alicyclic amines) is 1. The molecule has 3 rings (SSSR count). The van der Waals surface area contributed by atoms with E-state index < -0.39 is 5.97 Å². The molecule has 1 amide bonds. The molecule has 2 heterocycles. The number of pyridine rings is 1. The van der Waals surface area contributed by atoms with Crippen molar-refractivity contribution < 1.29 is 19.1 Å². The number of carbonyl (C=O) groups excluding carboxylic acids is 1. The first kappa shape index (κ1) is 17.1. The third-order valence-corrected chi connectivity index (χ3v) is 4.60. The number of hydrogen-bond donors (Lipinski definition) is 1. The Morgan fingerprint density at radius 3 is 2.48 bits per heavy atom. The highest BCUT2D eigenvalue weighted by Gasteiger charge is 2.24. The summed E-state index contributed by atoms with van der Waals surface area (Å²) in [7, 11) is 0. The normalized spacial score (nSPS) is 15.2. The number of hydrogen-bond acceptors (Lipinski definition) is 3. The summed E-state index contributed by atoms with van der Waals surface area (Å²) in [5.41, 5.74) is 1.03. The first-order valence-electron chi connectivity index (χ1n) is 8.26. The van der Waals surface area contributed by atoms with Gasteiger partial charge >= 0.3 is 5.97 Å². The lowest BCUT2D eigenvalue weighted by atomic mass is 9.90. The van der Waals surface area contributed by atoms with E-state index in [1.165, 1.54) is 24.4 Å². The van der Waals surface area contributed by atoms with Crippen molar-refractivity contribution >= 4 is 11.9 Å². The fourth-order valence-corrected chi connectivity index (χ4v) is 3.14. The van der Waals surface area contributed by atoms with Gasteiger partial charge in [0.1, 0.15) is 11.5 Å². The maximum Gasteiger partial charge on any atom is 0.354 e. The molecule has 0 aliphatic carbocycles. The van der Waals surface area contributed by atoms with Gasteiger partial charge in [-0.2, -0.15) is 0 Å². The van der Waals surface area contributed by atoms with Gasteiger partial charge in [0.05, 0.1) is 5.56 Å². The van der Waals surface area contributed by atoms with Crippen molar-refractivity contribution in [3.63, 3.8) is 0 Å². The van der Waals surface area contributed by atoms with Crippen molar-refractivity contribution in [3.8, 4) is 0 Å². The molecule has 1 aromatic carbocycles. The van der Waals surface area contributed by atoms with Crippen LogP contribution in [0.4, 0.5) is 4.39 Å². The van der Waals surface area contributed by atoms with Crippen LogP contribution in [0.1, 0.15) is 39.3 Å². The Hall–Kier alpha value is -2.76. The first-order chi connectivity index (χ1) is 12.0. The number of carbonyl (C=O) groups is 2. The molecule has 5 nitrogen and oxygen atoms in total. The van der Waals surface area contributed by atoms with Gasteiger partial charge in [-0.25, -0.2) is 14.2 Å². The summed E-state index contributed by atoms with van der Waals surface area (Å²) in [5.74, 6) is -1.08. The van der Waals surface area contributed by atoms with Crippen LogP contribution in [0.3, 0.4) is 0 Å². The molecular weight excluding hydrogens is 323 g/mol. The van der Waals surface area contributed by atoms with E-state index in [1.54, 1.807) is 11.0 Å². The monoisotopic (exact) mass is 342 g/mol. The molecule has 0 unspecified atom stereocenters. The van der Waals surface area contributed by atoms with Crippen molar-refractivity contribution in [3.05, 3.63) is 65.2 Å². The van der Waals surface area contributed by atoms with Crippen LogP contribution in [0.2, 0.25) is 0 Å². The summed E-state index contributed by atoms with van der Waals surface area (Å²) < 4.78 is 13.7. The predicted octanol–water partition coefficient (Wildman–Crippen LogP) is 3.01. The Morgan fingerprint density at radius 2 is 1.88 bits per heavy atom. The lowest BCUT2D eigenvalue weighted by Gasteiger charge is -2.32. The van der Waals surface area contributed by atoms with Gasteiger partial charge in [0.25, 0.3) is 5.91 Å². The molecule has 1 fully saturated rings. The largest absolute Gasteiger partial charge is 0.477 e. The molecule has 130 valence electrons. The SMILES string of the molecule is O=C(O)c1ccc(C(=O)N2CCC(Cc3ccccc3F)CC2)cn1. The molecule has 1 aliphatic heterocycles. The van der Waals surface area contributed by atoms with Crippen LogP contribution in [0.25, 0.3) is 0 Å². The maximum atomic E-state index is 13.7. The molecule has 1 aromatic heterocycles. The van der Waals surface area contributed by atoms with Crippen LogP contribution in [-0.4, -0.2) is 40.0 Å². The van der Waals surface area contributed by atoms with E-state index in [4.69, 9.17) is 5.11 Å². The molecule has 2 aromatic rings. The third kappa shape index (κ3) is 4.02. The van der Waals surface area contributed by atoms with Crippen LogP contribution >= 0.6 is 0 Å². The van der Waals surface area contributed by atoms with Crippen LogP contribution in [0.5, 0.6) is 0 Å². The fraction of sp³-hybridized carbons (Fsp3) is 0.316. The highest BCUT2D eigenvalue weighted by Crippen LogP contribution is 2.24. The highest BCUT2D eigenvalue weighted by atomic mass is 19.1. The van der Waals surface area contributed by atoms with Gasteiger partial charge in [0.2, 0.25) is 0 Å². The zero-order valence-corrected chi connectivity index (χ0v) is 13.7. The number of piperidine rings is 1. The Bertz CT molecular complexity index is 768. The molecule has 0 radical (unpaired) electrons. The average Bonchev–Trinajstić information content (AvgIpc) is 2.64. The molecule has 0 spiro atoms. The number of aromatic nitrogens is 1. The molecule has 1 aliphatic rings. The quantitative estimate of drug-likeness (QED) is 0.927. The molecule has 0 atom stereocenters. The van der Waals surface area contributed by atoms with Gasteiger partial charge < -0.3 is 10.0 Å². The van der Waals surface area contributed by atoms with Gasteiger partial charge in [0.15, 0.2) is 0 Å². The number of halogens is 1. The molecule has 25 heavy (non-hydrogen) atoms. The van der Waals surface area contributed by atoms with Crippen molar-refractivity contribution in [2.75, 3.05) is 13.1 Å². The second-order valence-electron chi connectivity index (χ2n) is 6.27. The third-order valence-electron chi connectivity index (χ3n) is 4.60. The summed E-state index contributed by atoms with van der Waals surface area (Å²) in [6, 6.07) is 9.63. The lowest BCUT2D eigenvalue weighted by Crippen LogP contribution is -2.39. The second-order valence-corrected chi connectivity index (χ2v) is 6.27. The van der Waals surface area contributed by atoms with E-state index in [2.05, 4.69) is 4.98 Å². The van der Waals surface area contributed by atoms with Gasteiger partial charge in [0, 0.05) is 19.3 Å². The number of aromatic carboxylic acids is 1. The average molecular weight is 342 g/mol. The Labute approximate surface area is 145 Å². The Morgan fingerprint density at radius 1 is 1.16 bits per heavy atom. The number of nitrogens with zero attached hydrogens (tertiary/aromatic N) is 2. The second kappa shape index (κ2) is 7.42. The molecule has 6 heteroatoms. The molecular formula is C19H19FN2O3. The van der Waals surface area contributed by atoms with Gasteiger partial charge in [-0.1, -0.05) is 18.2 Å². The van der Waals surface area contributed by atoms with Gasteiger partial charge in [-0.05, 0) is 48.9 Å². The minimum absolute atomic E-state index is 0.0832. The molecule has 1 saturated heterocycles. The number of amides is 1. The first-order valence-corrected chi connectivity index (χ1v) is 8.26. The summed E-state index contributed by atoms with van der Waals surface area (Å²) in [6.07, 6.45) is 3.63. The van der Waals surface area contributed by atoms with E-state index in [-0.39, 0.29) is 17.4 Å². The van der Waals surface area contributed by atoms with Crippen molar-refractivity contribution in [2.45, 2.75) is 19.3 Å². The van der Waals surface area contributed by atoms with Crippen molar-refractivity contribution in [2.24, 2.45) is 5.92 Å². The van der Waals surface area contributed by atoms with E-state index in [0.717, 1.165) is 18.4 Å². The van der Waals surface area contributed by atoms with E-state index in [1.807, 2.05) is 12.1 Å². The van der Waals surface area contributed by atoms with Crippen LogP contribution < -0.4 is 0 Å². The zero-order chi connectivity index (χ0) is 17.8. The summed E-state index contributed by atoms with van der Waals surface area (Å²) in [4.78, 5) is 28.8. The van der Waals surface area contributed by atoms with E-state index in [9.17, 15) is 14.0 Å². The van der Waals surface area contributed by atoms with Gasteiger partial charge in [-0.15, -0.1) is 0 Å². The standard InChI is InChI=1S/C19H19FN2O3/c20-16-4-2-1-3-14(16)11-13-7-9-22(10-8-13)18(23)15-5-6-17(19(24)25)21-12-15/h1-6,12-13H,7-11H2,(H,24,25). The molecule has 0 saturated carbocycles.